The highest BCUT2D eigenvalue weighted by Crippen LogP contribution is 2.11. The minimum atomic E-state index is -0.218. The van der Waals surface area contributed by atoms with E-state index in [-0.39, 0.29) is 11.8 Å². The Bertz CT molecular complexity index is 357. The van der Waals surface area contributed by atoms with Crippen molar-refractivity contribution in [2.24, 2.45) is 0 Å². The number of nitrogens with one attached hydrogen (secondary N) is 1. The van der Waals surface area contributed by atoms with E-state index in [2.05, 4.69) is 5.32 Å². The lowest BCUT2D eigenvalue weighted by atomic mass is 10.2. The van der Waals surface area contributed by atoms with Gasteiger partial charge in [0.15, 0.2) is 0 Å². The summed E-state index contributed by atoms with van der Waals surface area (Å²) in [6, 6.07) is 7.46. The Hall–Kier alpha value is -1.10. The molecule has 0 aliphatic rings. The number of anilines is 1. The van der Waals surface area contributed by atoms with Crippen LogP contribution in [0, 0.1) is 0 Å². The zero-order chi connectivity index (χ0) is 12.5. The van der Waals surface area contributed by atoms with Crippen molar-refractivity contribution in [3.05, 3.63) is 29.8 Å². The lowest BCUT2D eigenvalue weighted by molar-refractivity contribution is -0.113. The molecule has 1 N–H and O–H groups in total. The second kappa shape index (κ2) is 8.06. The summed E-state index contributed by atoms with van der Waals surface area (Å²) in [4.78, 5) is 11.1. The van der Waals surface area contributed by atoms with E-state index in [0.717, 1.165) is 11.3 Å². The number of amides is 1. The molecule has 0 bridgehead atoms. The molecule has 5 heteroatoms. The van der Waals surface area contributed by atoms with Crippen molar-refractivity contribution < 1.29 is 14.3 Å². The van der Waals surface area contributed by atoms with Gasteiger partial charge in [-0.25, -0.2) is 0 Å². The monoisotopic (exact) mass is 257 g/mol. The molecule has 1 amide bonds. The number of benzene rings is 1. The molecule has 0 saturated carbocycles. The molecule has 94 valence electrons. The molecule has 0 spiro atoms. The largest absolute Gasteiger partial charge is 0.382 e. The third kappa shape index (κ3) is 5.68. The standard InChI is InChI=1S/C12H16ClNO3/c1-16-5-6-17-9-10-3-2-4-11(7-10)14-12(15)8-13/h2-4,7H,5-6,8-9H2,1H3,(H,14,15). The van der Waals surface area contributed by atoms with Crippen molar-refractivity contribution in [2.45, 2.75) is 6.61 Å². The van der Waals surface area contributed by atoms with E-state index >= 15 is 0 Å². The minimum Gasteiger partial charge on any atom is -0.382 e. The number of carbonyl (C=O) groups excluding carboxylic acids is 1. The van der Waals surface area contributed by atoms with Crippen LogP contribution in [-0.4, -0.2) is 32.1 Å². The summed E-state index contributed by atoms with van der Waals surface area (Å²) >= 11 is 5.41. The maximum Gasteiger partial charge on any atom is 0.239 e. The summed E-state index contributed by atoms with van der Waals surface area (Å²) in [6.07, 6.45) is 0. The van der Waals surface area contributed by atoms with Crippen LogP contribution in [-0.2, 0) is 20.9 Å². The maximum absolute atomic E-state index is 11.1. The van der Waals surface area contributed by atoms with Gasteiger partial charge in [0.2, 0.25) is 5.91 Å². The third-order valence-corrected chi connectivity index (χ3v) is 2.28. The Kier molecular flexibility index (Phi) is 6.62. The van der Waals surface area contributed by atoms with E-state index in [1.807, 2.05) is 24.3 Å². The fourth-order valence-electron chi connectivity index (χ4n) is 1.27. The summed E-state index contributed by atoms with van der Waals surface area (Å²) in [6.45, 7) is 1.62. The molecule has 0 aliphatic carbocycles. The highest BCUT2D eigenvalue weighted by molar-refractivity contribution is 6.29. The number of halogens is 1. The van der Waals surface area contributed by atoms with Crippen molar-refractivity contribution in [3.8, 4) is 0 Å². The van der Waals surface area contributed by atoms with E-state index in [0.29, 0.717) is 19.8 Å². The molecule has 0 radical (unpaired) electrons. The van der Waals surface area contributed by atoms with Gasteiger partial charge >= 0.3 is 0 Å². The summed E-state index contributed by atoms with van der Waals surface area (Å²) < 4.78 is 10.3. The second-order valence-corrected chi connectivity index (χ2v) is 3.69. The molecule has 0 aliphatic heterocycles. The summed E-state index contributed by atoms with van der Waals surface area (Å²) in [5, 5.41) is 2.68. The normalized spacial score (nSPS) is 10.2. The topological polar surface area (TPSA) is 47.6 Å². The van der Waals surface area contributed by atoms with Gasteiger partial charge in [-0.1, -0.05) is 12.1 Å². The molecule has 1 aromatic rings. The molecule has 0 saturated heterocycles. The van der Waals surface area contributed by atoms with Gasteiger partial charge in [-0.2, -0.15) is 0 Å². The highest BCUT2D eigenvalue weighted by atomic mass is 35.5. The molecule has 17 heavy (non-hydrogen) atoms. The van der Waals surface area contributed by atoms with Crippen LogP contribution in [0.1, 0.15) is 5.56 Å². The lowest BCUT2D eigenvalue weighted by Gasteiger charge is -2.07. The summed E-state index contributed by atoms with van der Waals surface area (Å²) in [5.74, 6) is -0.265. The molecular formula is C12H16ClNO3. The van der Waals surface area contributed by atoms with Crippen LogP contribution in [0.3, 0.4) is 0 Å². The van der Waals surface area contributed by atoms with Crippen LogP contribution in [0.25, 0.3) is 0 Å². The number of hydrogen-bond acceptors (Lipinski definition) is 3. The zero-order valence-electron chi connectivity index (χ0n) is 9.74. The molecule has 0 unspecified atom stereocenters. The molecule has 0 heterocycles. The van der Waals surface area contributed by atoms with Gasteiger partial charge in [0.1, 0.15) is 5.88 Å². The first-order valence-corrected chi connectivity index (χ1v) is 5.81. The highest BCUT2D eigenvalue weighted by Gasteiger charge is 2.01. The summed E-state index contributed by atoms with van der Waals surface area (Å²) in [5.41, 5.74) is 1.72. The first kappa shape index (κ1) is 14.0. The van der Waals surface area contributed by atoms with Crippen LogP contribution >= 0.6 is 11.6 Å². The van der Waals surface area contributed by atoms with Crippen LogP contribution in [0.4, 0.5) is 5.69 Å². The Morgan fingerprint density at radius 1 is 1.41 bits per heavy atom. The third-order valence-electron chi connectivity index (χ3n) is 2.03. The number of hydrogen-bond donors (Lipinski definition) is 1. The molecule has 0 aromatic heterocycles. The average molecular weight is 258 g/mol. The van der Waals surface area contributed by atoms with Crippen molar-refractivity contribution in [3.63, 3.8) is 0 Å². The van der Waals surface area contributed by atoms with Crippen LogP contribution in [0.15, 0.2) is 24.3 Å². The van der Waals surface area contributed by atoms with E-state index in [1.54, 1.807) is 7.11 Å². The Morgan fingerprint density at radius 2 is 2.24 bits per heavy atom. The predicted molar refractivity (Wildman–Crippen MR) is 67.3 cm³/mol. The average Bonchev–Trinajstić information content (AvgIpc) is 2.35. The van der Waals surface area contributed by atoms with Gasteiger partial charge in [-0.05, 0) is 17.7 Å². The first-order chi connectivity index (χ1) is 8.26. The number of rotatable bonds is 7. The molecule has 1 rings (SSSR count). The van der Waals surface area contributed by atoms with Gasteiger partial charge in [0.25, 0.3) is 0 Å². The van der Waals surface area contributed by atoms with Gasteiger partial charge < -0.3 is 14.8 Å². The van der Waals surface area contributed by atoms with Crippen molar-refractivity contribution in [1.29, 1.82) is 0 Å². The van der Waals surface area contributed by atoms with Crippen LogP contribution < -0.4 is 5.32 Å². The Balaban J connectivity index is 2.45. The molecule has 4 nitrogen and oxygen atoms in total. The fraction of sp³-hybridized carbons (Fsp3) is 0.417. The number of carbonyl (C=O) groups is 1. The molecular weight excluding hydrogens is 242 g/mol. The van der Waals surface area contributed by atoms with Gasteiger partial charge in [-0.15, -0.1) is 11.6 Å². The molecule has 0 fully saturated rings. The maximum atomic E-state index is 11.1. The fourth-order valence-corrected chi connectivity index (χ4v) is 1.33. The Labute approximate surface area is 106 Å². The SMILES string of the molecule is COCCOCc1cccc(NC(=O)CCl)c1. The predicted octanol–water partition coefficient (Wildman–Crippen LogP) is 2.03. The lowest BCUT2D eigenvalue weighted by Crippen LogP contribution is -2.12. The quantitative estimate of drug-likeness (QED) is 0.601. The molecule has 1 aromatic carbocycles. The molecule has 0 atom stereocenters. The van der Waals surface area contributed by atoms with Gasteiger partial charge in [0, 0.05) is 12.8 Å². The van der Waals surface area contributed by atoms with Crippen molar-refractivity contribution >= 4 is 23.2 Å². The number of alkyl halides is 1. The van der Waals surface area contributed by atoms with Gasteiger partial charge in [-0.3, -0.25) is 4.79 Å². The number of ether oxygens (including phenoxy) is 2. The van der Waals surface area contributed by atoms with Crippen LogP contribution in [0.5, 0.6) is 0 Å². The van der Waals surface area contributed by atoms with E-state index in [9.17, 15) is 4.79 Å². The van der Waals surface area contributed by atoms with E-state index in [4.69, 9.17) is 21.1 Å². The zero-order valence-corrected chi connectivity index (χ0v) is 10.5. The van der Waals surface area contributed by atoms with Crippen LogP contribution in [0.2, 0.25) is 0 Å². The van der Waals surface area contributed by atoms with E-state index < -0.39 is 0 Å². The number of methoxy groups -OCH3 is 1. The van der Waals surface area contributed by atoms with Crippen molar-refractivity contribution in [2.75, 3.05) is 31.5 Å². The Morgan fingerprint density at radius 3 is 2.94 bits per heavy atom. The van der Waals surface area contributed by atoms with Gasteiger partial charge in [0.05, 0.1) is 19.8 Å². The second-order valence-electron chi connectivity index (χ2n) is 3.43. The smallest absolute Gasteiger partial charge is 0.239 e. The first-order valence-electron chi connectivity index (χ1n) is 5.27. The summed E-state index contributed by atoms with van der Waals surface area (Å²) in [7, 11) is 1.63. The minimum absolute atomic E-state index is 0.0471. The van der Waals surface area contributed by atoms with Crippen molar-refractivity contribution in [1.82, 2.24) is 0 Å². The van der Waals surface area contributed by atoms with E-state index in [1.165, 1.54) is 0 Å².